The fourth-order valence-corrected chi connectivity index (χ4v) is 5.24. The average Bonchev–Trinajstić information content (AvgIpc) is 2.73. The molecule has 2 amide bonds. The molecule has 150 valence electrons. The van der Waals surface area contributed by atoms with Gasteiger partial charge in [0, 0.05) is 30.4 Å². The van der Waals surface area contributed by atoms with Gasteiger partial charge in [-0.2, -0.15) is 0 Å². The molecule has 0 saturated heterocycles. The van der Waals surface area contributed by atoms with E-state index in [-0.39, 0.29) is 41.9 Å². The minimum Gasteiger partial charge on any atom is -0.467 e. The molecular formula is C23H23FN2O3. The van der Waals surface area contributed by atoms with E-state index in [0.717, 1.165) is 12.8 Å². The SMILES string of the molecule is O=C1N[C@@]2(C[C@H]3CC[C@@H]2C[C@@H]3C(=O)NCc2ccccc2F)Oc2ccccc21. The number of para-hydroxylation sites is 1. The molecule has 1 spiro atoms. The van der Waals surface area contributed by atoms with Crippen LogP contribution in [-0.4, -0.2) is 17.5 Å². The maximum atomic E-state index is 13.8. The van der Waals surface area contributed by atoms with Gasteiger partial charge in [0.05, 0.1) is 5.56 Å². The Morgan fingerprint density at radius 2 is 1.97 bits per heavy atom. The fraction of sp³-hybridized carbons (Fsp3) is 0.391. The Balaban J connectivity index is 1.30. The van der Waals surface area contributed by atoms with Gasteiger partial charge in [-0.1, -0.05) is 30.3 Å². The first-order chi connectivity index (χ1) is 14.1. The zero-order valence-electron chi connectivity index (χ0n) is 16.0. The Labute approximate surface area is 168 Å². The van der Waals surface area contributed by atoms with E-state index < -0.39 is 5.72 Å². The van der Waals surface area contributed by atoms with Crippen LogP contribution in [-0.2, 0) is 11.3 Å². The largest absolute Gasteiger partial charge is 0.467 e. The van der Waals surface area contributed by atoms with Gasteiger partial charge in [-0.3, -0.25) is 9.59 Å². The highest BCUT2D eigenvalue weighted by Gasteiger charge is 2.57. The summed E-state index contributed by atoms with van der Waals surface area (Å²) < 4.78 is 20.1. The molecule has 0 unspecified atom stereocenters. The first-order valence-electron chi connectivity index (χ1n) is 10.2. The van der Waals surface area contributed by atoms with Crippen LogP contribution in [0.3, 0.4) is 0 Å². The van der Waals surface area contributed by atoms with Gasteiger partial charge in [-0.15, -0.1) is 0 Å². The van der Waals surface area contributed by atoms with E-state index in [1.54, 1.807) is 24.3 Å². The van der Waals surface area contributed by atoms with Gasteiger partial charge in [-0.25, -0.2) is 4.39 Å². The van der Waals surface area contributed by atoms with Crippen LogP contribution in [0.25, 0.3) is 0 Å². The number of hydrogen-bond donors (Lipinski definition) is 2. The summed E-state index contributed by atoms with van der Waals surface area (Å²) in [5.41, 5.74) is 0.313. The molecule has 6 heteroatoms. The lowest BCUT2D eigenvalue weighted by atomic mass is 9.60. The van der Waals surface area contributed by atoms with Crippen LogP contribution in [0.4, 0.5) is 4.39 Å². The summed E-state index contributed by atoms with van der Waals surface area (Å²) >= 11 is 0. The summed E-state index contributed by atoms with van der Waals surface area (Å²) in [5.74, 6) is 0.225. The summed E-state index contributed by atoms with van der Waals surface area (Å²) in [6.45, 7) is 0.186. The first kappa shape index (κ1) is 18.2. The van der Waals surface area contributed by atoms with Crippen LogP contribution in [0.1, 0.15) is 41.6 Å². The second kappa shape index (κ2) is 6.87. The van der Waals surface area contributed by atoms with Gasteiger partial charge in [0.1, 0.15) is 11.6 Å². The Kier molecular flexibility index (Phi) is 4.30. The van der Waals surface area contributed by atoms with Gasteiger partial charge >= 0.3 is 0 Å². The molecule has 2 aromatic carbocycles. The predicted molar refractivity (Wildman–Crippen MR) is 104 cm³/mol. The zero-order valence-corrected chi connectivity index (χ0v) is 16.0. The van der Waals surface area contributed by atoms with Crippen molar-refractivity contribution in [2.45, 2.75) is 38.0 Å². The quantitative estimate of drug-likeness (QED) is 0.839. The molecule has 3 fully saturated rings. The molecule has 0 aromatic heterocycles. The number of rotatable bonds is 3. The number of nitrogens with one attached hydrogen (secondary N) is 2. The van der Waals surface area contributed by atoms with Crippen molar-refractivity contribution >= 4 is 11.8 Å². The minimum absolute atomic E-state index is 0.0414. The average molecular weight is 394 g/mol. The molecule has 5 nitrogen and oxygen atoms in total. The molecule has 2 N–H and O–H groups in total. The van der Waals surface area contributed by atoms with Crippen molar-refractivity contribution in [3.63, 3.8) is 0 Å². The van der Waals surface area contributed by atoms with Gasteiger partial charge in [-0.05, 0) is 43.4 Å². The topological polar surface area (TPSA) is 67.4 Å². The normalized spacial score (nSPS) is 29.7. The highest BCUT2D eigenvalue weighted by atomic mass is 19.1. The third kappa shape index (κ3) is 3.07. The summed E-state index contributed by atoms with van der Waals surface area (Å²) in [6, 6.07) is 13.8. The molecule has 2 bridgehead atoms. The van der Waals surface area contributed by atoms with Gasteiger partial charge in [0.25, 0.3) is 5.91 Å². The molecule has 1 heterocycles. The first-order valence-corrected chi connectivity index (χ1v) is 10.2. The molecule has 29 heavy (non-hydrogen) atoms. The van der Waals surface area contributed by atoms with Gasteiger partial charge in [0.2, 0.25) is 5.91 Å². The number of hydrogen-bond acceptors (Lipinski definition) is 3. The van der Waals surface area contributed by atoms with E-state index in [0.29, 0.717) is 29.7 Å². The lowest BCUT2D eigenvalue weighted by Crippen LogP contribution is -2.66. The van der Waals surface area contributed by atoms with Crippen molar-refractivity contribution < 1.29 is 18.7 Å². The van der Waals surface area contributed by atoms with Crippen molar-refractivity contribution in [1.29, 1.82) is 0 Å². The standard InChI is InChI=1S/C23H23FN2O3/c24-19-7-3-1-5-15(19)13-25-21(27)18-11-16-10-9-14(18)12-23(16)26-22(28)17-6-2-4-8-20(17)29-23/h1-8,14,16,18H,9-13H2,(H,25,27)(H,26,28)/t14-,16-,18+,23+/m1/s1. The Hall–Kier alpha value is -2.89. The third-order valence-electron chi connectivity index (χ3n) is 6.71. The number of carbonyl (C=O) groups excluding carboxylic acids is 2. The molecule has 1 aliphatic heterocycles. The van der Waals surface area contributed by atoms with Crippen LogP contribution in [0.15, 0.2) is 48.5 Å². The lowest BCUT2D eigenvalue weighted by Gasteiger charge is -2.55. The van der Waals surface area contributed by atoms with Crippen molar-refractivity contribution in [2.24, 2.45) is 17.8 Å². The highest BCUT2D eigenvalue weighted by molar-refractivity contribution is 5.98. The minimum atomic E-state index is -0.726. The van der Waals surface area contributed by atoms with Crippen LogP contribution in [0.2, 0.25) is 0 Å². The Morgan fingerprint density at radius 3 is 2.76 bits per heavy atom. The van der Waals surface area contributed by atoms with Gasteiger partial charge in [0.15, 0.2) is 5.72 Å². The van der Waals surface area contributed by atoms with E-state index in [2.05, 4.69) is 10.6 Å². The number of carbonyl (C=O) groups is 2. The van der Waals surface area contributed by atoms with Crippen LogP contribution >= 0.6 is 0 Å². The smallest absolute Gasteiger partial charge is 0.258 e. The zero-order chi connectivity index (χ0) is 20.0. The summed E-state index contributed by atoms with van der Waals surface area (Å²) in [6.07, 6.45) is 3.14. The van der Waals surface area contributed by atoms with Crippen molar-refractivity contribution in [3.05, 3.63) is 65.5 Å². The lowest BCUT2D eigenvalue weighted by molar-refractivity contribution is -0.146. The van der Waals surface area contributed by atoms with Crippen LogP contribution < -0.4 is 15.4 Å². The number of ether oxygens (including phenoxy) is 1. The molecule has 6 rings (SSSR count). The summed E-state index contributed by atoms with van der Waals surface area (Å²) in [7, 11) is 0. The monoisotopic (exact) mass is 394 g/mol. The molecule has 2 aromatic rings. The molecular weight excluding hydrogens is 371 g/mol. The van der Waals surface area contributed by atoms with Crippen molar-refractivity contribution in [2.75, 3.05) is 0 Å². The maximum Gasteiger partial charge on any atom is 0.258 e. The second-order valence-corrected chi connectivity index (χ2v) is 8.33. The summed E-state index contributed by atoms with van der Waals surface area (Å²) in [4.78, 5) is 25.5. The van der Waals surface area contributed by atoms with E-state index >= 15 is 0 Å². The van der Waals surface area contributed by atoms with E-state index in [1.165, 1.54) is 6.07 Å². The van der Waals surface area contributed by atoms with Crippen LogP contribution in [0.5, 0.6) is 5.75 Å². The second-order valence-electron chi connectivity index (χ2n) is 8.33. The molecule has 0 radical (unpaired) electrons. The number of benzene rings is 2. The molecule has 4 aliphatic rings. The molecule has 3 saturated carbocycles. The van der Waals surface area contributed by atoms with E-state index in [1.807, 2.05) is 18.2 Å². The van der Waals surface area contributed by atoms with Crippen molar-refractivity contribution in [3.8, 4) is 5.75 Å². The fourth-order valence-electron chi connectivity index (χ4n) is 5.24. The molecule has 3 aliphatic carbocycles. The Bertz CT molecular complexity index is 978. The Morgan fingerprint density at radius 1 is 1.17 bits per heavy atom. The van der Waals surface area contributed by atoms with E-state index in [4.69, 9.17) is 4.74 Å². The maximum absolute atomic E-state index is 13.8. The van der Waals surface area contributed by atoms with Crippen molar-refractivity contribution in [1.82, 2.24) is 10.6 Å². The molecule has 4 atom stereocenters. The van der Waals surface area contributed by atoms with Gasteiger partial charge < -0.3 is 15.4 Å². The number of halogens is 1. The van der Waals surface area contributed by atoms with E-state index in [9.17, 15) is 14.0 Å². The number of amides is 2. The summed E-state index contributed by atoms with van der Waals surface area (Å²) in [5, 5.41) is 6.00. The van der Waals surface area contributed by atoms with Crippen LogP contribution in [0, 0.1) is 23.6 Å². The number of fused-ring (bicyclic) bond motifs is 3. The highest BCUT2D eigenvalue weighted by Crippen LogP contribution is 2.52. The third-order valence-corrected chi connectivity index (χ3v) is 6.71. The predicted octanol–water partition coefficient (Wildman–Crippen LogP) is 3.40.